The van der Waals surface area contributed by atoms with Crippen LogP contribution in [0.5, 0.6) is 17.2 Å². The Bertz CT molecular complexity index is 1550. The van der Waals surface area contributed by atoms with E-state index < -0.39 is 5.97 Å². The molecular weight excluding hydrogens is 526 g/mol. The van der Waals surface area contributed by atoms with Crippen LogP contribution in [-0.4, -0.2) is 25.1 Å². The van der Waals surface area contributed by atoms with Gasteiger partial charge in [-0.3, -0.25) is 4.79 Å². The molecule has 4 aromatic carbocycles. The van der Waals surface area contributed by atoms with E-state index in [4.69, 9.17) is 14.2 Å². The smallest absolute Gasteiger partial charge is 0.341 e. The number of hydrogen-bond donors (Lipinski definition) is 1. The average Bonchev–Trinajstić information content (AvgIpc) is 2.95. The average molecular weight is 566 g/mol. The molecule has 0 fully saturated rings. The number of para-hydroxylation sites is 1. The fourth-order valence-electron chi connectivity index (χ4n) is 4.63. The van der Waals surface area contributed by atoms with E-state index in [0.29, 0.717) is 29.4 Å². The van der Waals surface area contributed by atoms with Gasteiger partial charge in [-0.2, -0.15) is 0 Å². The van der Waals surface area contributed by atoms with Crippen molar-refractivity contribution in [3.05, 3.63) is 107 Å². The van der Waals surface area contributed by atoms with Gasteiger partial charge in [-0.05, 0) is 73.2 Å². The Morgan fingerprint density at radius 1 is 0.762 bits per heavy atom. The van der Waals surface area contributed by atoms with Gasteiger partial charge in [0, 0.05) is 5.56 Å². The number of rotatable bonds is 10. The number of hydrogen-bond acceptors (Lipinski definition) is 5. The number of nitrogens with one attached hydrogen (secondary N) is 1. The Labute approximate surface area is 248 Å². The maximum atomic E-state index is 13.2. The van der Waals surface area contributed by atoms with Crippen LogP contribution in [0.3, 0.4) is 0 Å². The highest BCUT2D eigenvalue weighted by Gasteiger charge is 2.21. The summed E-state index contributed by atoms with van der Waals surface area (Å²) in [5, 5.41) is 3.07. The van der Waals surface area contributed by atoms with Gasteiger partial charge in [0.25, 0.3) is 0 Å². The zero-order valence-corrected chi connectivity index (χ0v) is 25.2. The van der Waals surface area contributed by atoms with Crippen molar-refractivity contribution in [1.29, 1.82) is 0 Å². The van der Waals surface area contributed by atoms with Gasteiger partial charge in [-0.1, -0.05) is 80.9 Å². The van der Waals surface area contributed by atoms with Gasteiger partial charge < -0.3 is 19.5 Å². The van der Waals surface area contributed by atoms with E-state index in [0.717, 1.165) is 33.6 Å². The van der Waals surface area contributed by atoms with Crippen molar-refractivity contribution in [3.8, 4) is 28.4 Å². The highest BCUT2D eigenvalue weighted by Crippen LogP contribution is 2.39. The molecule has 0 aliphatic heterocycles. The summed E-state index contributed by atoms with van der Waals surface area (Å²) in [5.74, 6) is 1.09. The highest BCUT2D eigenvalue weighted by atomic mass is 16.5. The van der Waals surface area contributed by atoms with Crippen molar-refractivity contribution in [3.63, 3.8) is 0 Å². The molecular formula is C36H39NO5. The molecule has 0 saturated heterocycles. The maximum absolute atomic E-state index is 13.2. The molecule has 4 rings (SSSR count). The molecule has 1 N–H and O–H groups in total. The lowest BCUT2D eigenvalue weighted by atomic mass is 9.86. The minimum Gasteiger partial charge on any atom is -0.493 e. The van der Waals surface area contributed by atoms with Crippen LogP contribution in [0.1, 0.15) is 61.7 Å². The normalized spacial score (nSPS) is 11.1. The first-order chi connectivity index (χ1) is 20.1. The van der Waals surface area contributed by atoms with Crippen molar-refractivity contribution in [1.82, 2.24) is 0 Å². The molecule has 42 heavy (non-hydrogen) atoms. The number of carbonyl (C=O) groups excluding carboxylic acids is 2. The molecule has 218 valence electrons. The predicted octanol–water partition coefficient (Wildman–Crippen LogP) is 8.51. The summed E-state index contributed by atoms with van der Waals surface area (Å²) < 4.78 is 17.4. The molecule has 0 aromatic heterocycles. The highest BCUT2D eigenvalue weighted by molar-refractivity contribution is 5.96. The molecule has 0 radical (unpaired) electrons. The van der Waals surface area contributed by atoms with Crippen LogP contribution in [-0.2, 0) is 21.4 Å². The third-order valence-corrected chi connectivity index (χ3v) is 6.76. The number of benzene rings is 4. The number of carbonyl (C=O) groups is 2. The summed E-state index contributed by atoms with van der Waals surface area (Å²) in [6.07, 6.45) is 0.221. The second-order valence-electron chi connectivity index (χ2n) is 11.1. The number of ether oxygens (including phenoxy) is 3. The van der Waals surface area contributed by atoms with Gasteiger partial charge in [-0.25, -0.2) is 4.79 Å². The second kappa shape index (κ2) is 13.4. The zero-order chi connectivity index (χ0) is 30.3. The minimum absolute atomic E-state index is 0.142. The van der Waals surface area contributed by atoms with E-state index in [1.807, 2.05) is 80.6 Å². The van der Waals surface area contributed by atoms with Crippen molar-refractivity contribution in [2.75, 3.05) is 18.5 Å². The molecule has 0 spiro atoms. The fraction of sp³-hybridized carbons (Fsp3) is 0.278. The van der Waals surface area contributed by atoms with Gasteiger partial charge in [-0.15, -0.1) is 0 Å². The summed E-state index contributed by atoms with van der Waals surface area (Å²) in [4.78, 5) is 26.0. The Morgan fingerprint density at radius 3 is 2.10 bits per heavy atom. The summed E-state index contributed by atoms with van der Waals surface area (Å²) >= 11 is 0. The quantitative estimate of drug-likeness (QED) is 0.195. The van der Waals surface area contributed by atoms with Crippen LogP contribution in [0.2, 0.25) is 0 Å². The Hall–Kier alpha value is -4.58. The van der Waals surface area contributed by atoms with Crippen molar-refractivity contribution < 1.29 is 23.8 Å². The first-order valence-electron chi connectivity index (χ1n) is 14.3. The predicted molar refractivity (Wildman–Crippen MR) is 168 cm³/mol. The van der Waals surface area contributed by atoms with Gasteiger partial charge >= 0.3 is 5.97 Å². The van der Waals surface area contributed by atoms with Crippen LogP contribution in [0.15, 0.2) is 84.9 Å². The minimum atomic E-state index is -0.451. The number of amides is 1. The monoisotopic (exact) mass is 565 g/mol. The summed E-state index contributed by atoms with van der Waals surface area (Å²) in [6, 6.07) is 26.9. The van der Waals surface area contributed by atoms with Gasteiger partial charge in [0.15, 0.2) is 5.75 Å². The SMILES string of the molecule is CCOC(=O)c1cc(-c2ccc(Oc3ccccc3C(C)(C)C)c(NC(=O)Cc3ccc(C)cc3)c2)ccc1OCC. The molecule has 0 aliphatic rings. The molecule has 0 atom stereocenters. The topological polar surface area (TPSA) is 73.9 Å². The van der Waals surface area contributed by atoms with Gasteiger partial charge in [0.1, 0.15) is 17.1 Å². The number of esters is 1. The summed E-state index contributed by atoms with van der Waals surface area (Å²) in [6.45, 7) is 12.7. The third kappa shape index (κ3) is 7.58. The molecule has 0 unspecified atom stereocenters. The number of anilines is 1. The van der Waals surface area contributed by atoms with E-state index in [-0.39, 0.29) is 24.3 Å². The Morgan fingerprint density at radius 2 is 1.43 bits per heavy atom. The Balaban J connectivity index is 1.74. The third-order valence-electron chi connectivity index (χ3n) is 6.76. The summed E-state index contributed by atoms with van der Waals surface area (Å²) in [5.41, 5.74) is 5.41. The molecule has 0 bridgehead atoms. The maximum Gasteiger partial charge on any atom is 0.341 e. The van der Waals surface area contributed by atoms with E-state index in [9.17, 15) is 9.59 Å². The fourth-order valence-corrected chi connectivity index (χ4v) is 4.63. The van der Waals surface area contributed by atoms with Crippen LogP contribution < -0.4 is 14.8 Å². The molecule has 6 nitrogen and oxygen atoms in total. The largest absolute Gasteiger partial charge is 0.493 e. The van der Waals surface area contributed by atoms with Crippen LogP contribution in [0.4, 0.5) is 5.69 Å². The van der Waals surface area contributed by atoms with Crippen LogP contribution >= 0.6 is 0 Å². The summed E-state index contributed by atoms with van der Waals surface area (Å²) in [7, 11) is 0. The van der Waals surface area contributed by atoms with Crippen molar-refractivity contribution >= 4 is 17.6 Å². The van der Waals surface area contributed by atoms with Gasteiger partial charge in [0.2, 0.25) is 5.91 Å². The second-order valence-corrected chi connectivity index (χ2v) is 11.1. The van der Waals surface area contributed by atoms with Crippen molar-refractivity contribution in [2.24, 2.45) is 0 Å². The molecule has 0 aliphatic carbocycles. The van der Waals surface area contributed by atoms with Crippen LogP contribution in [0.25, 0.3) is 11.1 Å². The molecule has 6 heteroatoms. The van der Waals surface area contributed by atoms with E-state index >= 15 is 0 Å². The van der Waals surface area contributed by atoms with Gasteiger partial charge in [0.05, 0.1) is 25.3 Å². The lowest BCUT2D eigenvalue weighted by Gasteiger charge is -2.23. The lowest BCUT2D eigenvalue weighted by molar-refractivity contribution is -0.115. The van der Waals surface area contributed by atoms with Crippen LogP contribution in [0, 0.1) is 6.92 Å². The standard InChI is InChI=1S/C36H39NO5/c1-7-40-31-19-17-26(22-28(31)35(39)41-8-2)27-18-20-33(42-32-12-10-9-11-29(32)36(4,5)6)30(23-27)37-34(38)21-25-15-13-24(3)14-16-25/h9-20,22-23H,7-8,21H2,1-6H3,(H,37,38). The molecule has 0 heterocycles. The first-order valence-corrected chi connectivity index (χ1v) is 14.3. The number of aryl methyl sites for hydroxylation is 1. The van der Waals surface area contributed by atoms with E-state index in [2.05, 4.69) is 32.2 Å². The Kier molecular flexibility index (Phi) is 9.68. The molecule has 0 saturated carbocycles. The van der Waals surface area contributed by atoms with Crippen molar-refractivity contribution in [2.45, 2.75) is 53.4 Å². The lowest BCUT2D eigenvalue weighted by Crippen LogP contribution is -2.16. The van der Waals surface area contributed by atoms with E-state index in [1.54, 1.807) is 19.1 Å². The zero-order valence-electron chi connectivity index (χ0n) is 25.2. The van der Waals surface area contributed by atoms with E-state index in [1.165, 1.54) is 0 Å². The molecule has 4 aromatic rings. The first kappa shape index (κ1) is 30.4. The molecule has 1 amide bonds.